The Balaban J connectivity index is 0.000000134. The lowest BCUT2D eigenvalue weighted by atomic mass is 10.0. The van der Waals surface area contributed by atoms with Gasteiger partial charge in [0, 0.05) is 122 Å². The summed E-state index contributed by atoms with van der Waals surface area (Å²) >= 11 is 13.0. The van der Waals surface area contributed by atoms with Crippen molar-refractivity contribution in [3.8, 4) is 45.0 Å². The molecular formula is C98H87Cl2F7N36O4. The number of pyridine rings is 4. The summed E-state index contributed by atoms with van der Waals surface area (Å²) in [7, 11) is 0. The maximum atomic E-state index is 14.2. The van der Waals surface area contributed by atoms with Crippen molar-refractivity contribution in [2.75, 3.05) is 168 Å². The fourth-order valence-corrected chi connectivity index (χ4v) is 15.3. The van der Waals surface area contributed by atoms with Crippen molar-refractivity contribution in [3.05, 3.63) is 312 Å². The second-order valence-electron chi connectivity index (χ2n) is 31.8. The van der Waals surface area contributed by atoms with E-state index in [1.54, 1.807) is 72.6 Å². The molecule has 0 unspecified atom stereocenters. The highest BCUT2D eigenvalue weighted by atomic mass is 35.5. The quantitative estimate of drug-likeness (QED) is 0.0128. The van der Waals surface area contributed by atoms with Crippen molar-refractivity contribution in [3.63, 3.8) is 0 Å². The van der Waals surface area contributed by atoms with Gasteiger partial charge in [-0.15, -0.1) is 0 Å². The summed E-state index contributed by atoms with van der Waals surface area (Å²) in [5.41, 5.74) is 24.2. The van der Waals surface area contributed by atoms with Gasteiger partial charge in [0.1, 0.15) is 25.3 Å². The zero-order chi connectivity index (χ0) is 101. The predicted molar refractivity (Wildman–Crippen MR) is 545 cm³/mol. The zero-order valence-corrected chi connectivity index (χ0v) is 79.3. The van der Waals surface area contributed by atoms with E-state index in [1.807, 2.05) is 119 Å². The molecule has 4 aromatic carbocycles. The van der Waals surface area contributed by atoms with Crippen LogP contribution >= 0.6 is 23.2 Å². The van der Waals surface area contributed by atoms with Gasteiger partial charge in [-0.2, -0.15) is 53.5 Å². The summed E-state index contributed by atoms with van der Waals surface area (Å²) in [4.78, 5) is 89.5. The van der Waals surface area contributed by atoms with E-state index in [4.69, 9.17) is 42.1 Å². The molecule has 4 aliphatic rings. The number of ether oxygens (including phenoxy) is 4. The van der Waals surface area contributed by atoms with E-state index in [2.05, 4.69) is 163 Å². The molecule has 0 bridgehead atoms. The largest absolute Gasteiger partial charge is 0.417 e. The van der Waals surface area contributed by atoms with Gasteiger partial charge >= 0.3 is 6.18 Å². The summed E-state index contributed by atoms with van der Waals surface area (Å²) in [5.74, 6) is -0.442. The monoisotopic (exact) mass is 2030 g/mol. The van der Waals surface area contributed by atoms with Crippen molar-refractivity contribution < 1.29 is 49.7 Å². The lowest BCUT2D eigenvalue weighted by molar-refractivity contribution is -0.137. The minimum absolute atomic E-state index is 0.0464. The molecular weight excluding hydrogens is 1950 g/mol. The second-order valence-corrected chi connectivity index (χ2v) is 32.6. The van der Waals surface area contributed by atoms with E-state index in [0.717, 1.165) is 104 Å². The number of alkyl halides is 3. The van der Waals surface area contributed by atoms with Crippen molar-refractivity contribution in [2.24, 2.45) is 20.4 Å². The summed E-state index contributed by atoms with van der Waals surface area (Å²) in [6.07, 6.45) is 24.6. The van der Waals surface area contributed by atoms with Crippen LogP contribution in [0.1, 0.15) is 33.9 Å². The molecule has 4 fully saturated rings. The van der Waals surface area contributed by atoms with Crippen LogP contribution in [0.2, 0.25) is 10.0 Å². The van der Waals surface area contributed by atoms with Gasteiger partial charge in [-0.25, -0.2) is 99.1 Å². The van der Waals surface area contributed by atoms with Gasteiger partial charge in [-0.05, 0) is 140 Å². The first-order valence-electron chi connectivity index (χ1n) is 45.3. The minimum Gasteiger partial charge on any atom is -0.378 e. The van der Waals surface area contributed by atoms with Crippen LogP contribution in [0.3, 0.4) is 0 Å². The molecule has 16 aromatic rings. The van der Waals surface area contributed by atoms with Crippen LogP contribution in [0.4, 0.5) is 123 Å². The number of morpholine rings is 4. The lowest BCUT2D eigenvalue weighted by Crippen LogP contribution is -2.37. The zero-order valence-electron chi connectivity index (χ0n) is 77.8. The van der Waals surface area contributed by atoms with Gasteiger partial charge in [0.2, 0.25) is 23.8 Å². The number of halogens is 9. The standard InChI is InChI=1S/C25H23ClFN9O.C25H21F4N9O.C24H21ClFN9O.C24H22FN9O/c1-16-10-19(11-20(26)23(16)22-4-5-28-15-31-22)33-18-3-2-17(29-12-18)13-32-35-25-30-14-21(27)24(34-25)36-6-8-37-9-7-36;26-21-14-32-24(36-23(21)38-7-9-39-10-8-38)37-34-13-17-1-2-18(12-31-17)35-16-3-4-19(20(11-16)25(27,28)29)22-5-6-30-15-33-22;25-20-11-16(3-4-19(20)22-5-6-27-15-30-22)32-18-2-1-17(28-12-18)13-31-34-24-29-14-21(26)23(33-24)35-7-9-36-10-8-35;25-21-15-28-24(32-23(21)34-9-11-35-12-10-34)33-30-14-19-5-6-20(13-27-19)31-18-3-1-17(2-4-18)22-7-8-26-16-29-22/h2-5,10-15,33H,6-9H2,1H3,(H,30,34,35);1-6,11-15,35H,7-10H2,(H,32,36,37);1-6,11-15,32H,7-10H2,(H,29,33,34);1-8,13-16,31H,9-12H2,(H,28,32,33)/b32-13+;34-13+;31-13+;30-14+. The summed E-state index contributed by atoms with van der Waals surface area (Å²) in [5, 5.41) is 30.4. The SMILES string of the molecule is Cc1cc(Nc2ccc(/C=N/Nc3ncc(F)c(N4CCOCC4)n3)nc2)cc(Cl)c1-c1ccncn1.Fc1cnc(N/N=C/c2ccc(Nc3ccc(-c4ccncn4)c(C(F)(F)F)c3)cn2)nc1N1CCOCC1.Fc1cnc(N/N=C/c2ccc(Nc3ccc(-c4ccncn4)c(Cl)c3)cn2)nc1N1CCOCC1.Fc1cnc(N/N=C/c2ccc(Nc3ccc(-c4ccncn4)cc3)cn2)nc1N1CCOCC1. The van der Waals surface area contributed by atoms with E-state index in [1.165, 1.54) is 74.5 Å². The van der Waals surface area contributed by atoms with Crippen LogP contribution in [0, 0.1) is 30.2 Å². The first kappa shape index (κ1) is 101. The molecule has 147 heavy (non-hydrogen) atoms. The Morgan fingerprint density at radius 2 is 0.619 bits per heavy atom. The molecule has 4 aliphatic heterocycles. The summed E-state index contributed by atoms with van der Waals surface area (Å²) in [6.45, 7) is 10.6. The Morgan fingerprint density at radius 3 is 0.946 bits per heavy atom. The number of nitrogens with zero attached hydrogens (tertiary/aromatic N) is 28. The molecule has 0 aliphatic carbocycles. The van der Waals surface area contributed by atoms with Crippen molar-refractivity contribution in [2.45, 2.75) is 13.1 Å². The van der Waals surface area contributed by atoms with Crippen LogP contribution in [0.25, 0.3) is 45.0 Å². The topological polar surface area (TPSA) is 453 Å². The van der Waals surface area contributed by atoms with Gasteiger partial charge in [0.05, 0.1) is 211 Å². The van der Waals surface area contributed by atoms with Crippen molar-refractivity contribution in [1.82, 2.24) is 99.7 Å². The molecule has 746 valence electrons. The van der Waals surface area contributed by atoms with Crippen molar-refractivity contribution >= 4 is 141 Å². The Labute approximate surface area is 844 Å². The Morgan fingerprint density at radius 1 is 0.313 bits per heavy atom. The predicted octanol–water partition coefficient (Wildman–Crippen LogP) is 16.6. The van der Waals surface area contributed by atoms with Gasteiger partial charge in [0.15, 0.2) is 46.5 Å². The maximum absolute atomic E-state index is 14.2. The minimum atomic E-state index is -4.58. The molecule has 8 N–H and O–H groups in total. The number of rotatable bonds is 28. The van der Waals surface area contributed by atoms with Gasteiger partial charge in [0.25, 0.3) is 0 Å². The fraction of sp³-hybridized carbons (Fsp3) is 0.184. The number of hydrogen-bond donors (Lipinski definition) is 8. The first-order chi connectivity index (χ1) is 71.8. The number of benzene rings is 4. The molecule has 16 heterocycles. The molecule has 4 saturated heterocycles. The highest BCUT2D eigenvalue weighted by Gasteiger charge is 2.35. The number of hydrazone groups is 4. The molecule has 20 rings (SSSR count). The third kappa shape index (κ3) is 28.4. The van der Waals surface area contributed by atoms with E-state index < -0.39 is 35.0 Å². The van der Waals surface area contributed by atoms with Crippen molar-refractivity contribution in [1.29, 1.82) is 0 Å². The van der Waals surface area contributed by atoms with Crippen LogP contribution in [-0.2, 0) is 25.1 Å². The summed E-state index contributed by atoms with van der Waals surface area (Å²) in [6, 6.07) is 42.6. The number of aromatic nitrogens is 20. The lowest BCUT2D eigenvalue weighted by Gasteiger charge is -2.27. The van der Waals surface area contributed by atoms with Crippen LogP contribution in [0.15, 0.2) is 266 Å². The number of anilines is 16. The van der Waals surface area contributed by atoms with Crippen LogP contribution < -0.4 is 62.6 Å². The maximum Gasteiger partial charge on any atom is 0.417 e. The fourth-order valence-electron chi connectivity index (χ4n) is 14.7. The highest BCUT2D eigenvalue weighted by molar-refractivity contribution is 6.34. The molecule has 0 atom stereocenters. The van der Waals surface area contributed by atoms with Crippen LogP contribution in [0.5, 0.6) is 0 Å². The molecule has 40 nitrogen and oxygen atoms in total. The van der Waals surface area contributed by atoms with E-state index >= 15 is 0 Å². The second kappa shape index (κ2) is 49.8. The average molecular weight is 2040 g/mol. The molecule has 0 spiro atoms. The van der Waals surface area contributed by atoms with E-state index in [9.17, 15) is 30.7 Å². The first-order valence-corrected chi connectivity index (χ1v) is 46.1. The van der Waals surface area contributed by atoms with Gasteiger partial charge in [-0.1, -0.05) is 41.4 Å². The number of hydrogen-bond acceptors (Lipinski definition) is 40. The third-order valence-electron chi connectivity index (χ3n) is 21.8. The Kier molecular flexibility index (Phi) is 34.2. The molecule has 49 heteroatoms. The van der Waals surface area contributed by atoms with Crippen LogP contribution in [-0.4, -0.2) is 230 Å². The van der Waals surface area contributed by atoms with E-state index in [0.29, 0.717) is 144 Å². The molecule has 0 radical (unpaired) electrons. The molecule has 12 aromatic heterocycles. The van der Waals surface area contributed by atoms with Gasteiger partial charge < -0.3 is 59.8 Å². The van der Waals surface area contributed by atoms with Gasteiger partial charge in [-0.3, -0.25) is 19.9 Å². The van der Waals surface area contributed by atoms with E-state index in [-0.39, 0.29) is 64.0 Å². The Hall–Kier alpha value is -17.7. The number of nitrogens with one attached hydrogen (secondary N) is 8. The molecule has 0 amide bonds. The molecule has 0 saturated carbocycles. The third-order valence-corrected chi connectivity index (χ3v) is 22.4. The smallest absolute Gasteiger partial charge is 0.378 e. The normalized spacial score (nSPS) is 13.8. The Bertz CT molecular complexity index is 7160. The highest BCUT2D eigenvalue weighted by Crippen LogP contribution is 2.40. The summed E-state index contributed by atoms with van der Waals surface area (Å²) < 4.78 is 119. The number of aryl methyl sites for hydroxylation is 1. The average Bonchev–Trinajstić information content (AvgIpc) is 0.789.